The monoisotopic (exact) mass is 393 g/mol. The lowest BCUT2D eigenvalue weighted by molar-refractivity contribution is 0.0705. The zero-order chi connectivity index (χ0) is 20.2. The molecule has 0 spiro atoms. The molecule has 7 nitrogen and oxygen atoms in total. The Bertz CT molecular complexity index is 987. The van der Waals surface area contributed by atoms with Crippen LogP contribution in [0, 0.1) is 12.7 Å². The smallest absolute Gasteiger partial charge is 0.274 e. The molecule has 2 aromatic heterocycles. The van der Waals surface area contributed by atoms with Gasteiger partial charge in [0, 0.05) is 37.6 Å². The molecular formula is C21H20FN5O2. The normalized spacial score (nSPS) is 14.6. The first-order valence-electron chi connectivity index (χ1n) is 9.42. The fourth-order valence-corrected chi connectivity index (χ4v) is 3.33. The molecule has 4 rings (SSSR count). The molecule has 8 heteroatoms. The zero-order valence-corrected chi connectivity index (χ0v) is 16.0. The highest BCUT2D eigenvalue weighted by Gasteiger charge is 2.28. The summed E-state index contributed by atoms with van der Waals surface area (Å²) in [5.74, 6) is 0.587. The van der Waals surface area contributed by atoms with Crippen LogP contribution in [-0.2, 0) is 0 Å². The Labute approximate surface area is 167 Å². The van der Waals surface area contributed by atoms with Crippen LogP contribution in [0.4, 0.5) is 4.39 Å². The quantitative estimate of drug-likeness (QED) is 0.675. The Morgan fingerprint density at radius 1 is 1.03 bits per heavy atom. The van der Waals surface area contributed by atoms with Crippen molar-refractivity contribution >= 4 is 5.91 Å². The van der Waals surface area contributed by atoms with Crippen LogP contribution in [0.25, 0.3) is 0 Å². The van der Waals surface area contributed by atoms with Crippen molar-refractivity contribution in [3.63, 3.8) is 0 Å². The third kappa shape index (κ3) is 4.37. The van der Waals surface area contributed by atoms with Gasteiger partial charge in [-0.1, -0.05) is 0 Å². The van der Waals surface area contributed by atoms with Gasteiger partial charge in [-0.2, -0.15) is 0 Å². The van der Waals surface area contributed by atoms with Crippen molar-refractivity contribution < 1.29 is 13.9 Å². The zero-order valence-electron chi connectivity index (χ0n) is 16.0. The first-order chi connectivity index (χ1) is 14.1. The SMILES string of the molecule is Cc1cnc(C(=O)N2CCC(c3nccnc3Oc3ccc(F)cc3)CC2)cn1. The third-order valence-electron chi connectivity index (χ3n) is 4.89. The Kier molecular flexibility index (Phi) is 5.41. The number of rotatable bonds is 4. The van der Waals surface area contributed by atoms with Gasteiger partial charge in [-0.15, -0.1) is 0 Å². The minimum atomic E-state index is -0.327. The van der Waals surface area contributed by atoms with Gasteiger partial charge in [0.2, 0.25) is 5.88 Å². The second-order valence-corrected chi connectivity index (χ2v) is 6.91. The van der Waals surface area contributed by atoms with Crippen LogP contribution in [0.15, 0.2) is 49.1 Å². The van der Waals surface area contributed by atoms with Gasteiger partial charge in [0.15, 0.2) is 0 Å². The molecule has 1 fully saturated rings. The van der Waals surface area contributed by atoms with Crippen molar-refractivity contribution in [1.82, 2.24) is 24.8 Å². The fourth-order valence-electron chi connectivity index (χ4n) is 3.33. The van der Waals surface area contributed by atoms with Crippen molar-refractivity contribution in [2.75, 3.05) is 13.1 Å². The van der Waals surface area contributed by atoms with E-state index in [9.17, 15) is 9.18 Å². The van der Waals surface area contributed by atoms with Gasteiger partial charge in [-0.25, -0.2) is 14.4 Å². The first-order valence-corrected chi connectivity index (χ1v) is 9.42. The molecular weight excluding hydrogens is 373 g/mol. The lowest BCUT2D eigenvalue weighted by Gasteiger charge is -2.31. The highest BCUT2D eigenvalue weighted by Crippen LogP contribution is 2.33. The number of carbonyl (C=O) groups is 1. The maximum atomic E-state index is 13.1. The first kappa shape index (κ1) is 18.9. The van der Waals surface area contributed by atoms with E-state index in [4.69, 9.17) is 4.74 Å². The summed E-state index contributed by atoms with van der Waals surface area (Å²) < 4.78 is 18.9. The number of nitrogens with zero attached hydrogens (tertiary/aromatic N) is 5. The number of ether oxygens (including phenoxy) is 1. The standard InChI is InChI=1S/C21H20FN5O2/c1-14-12-26-18(13-25-14)21(28)27-10-6-15(7-11-27)19-20(24-9-8-23-19)29-17-4-2-16(22)3-5-17/h2-5,8-9,12-13,15H,6-7,10-11H2,1H3. The summed E-state index contributed by atoms with van der Waals surface area (Å²) in [6.45, 7) is 3.01. The minimum absolute atomic E-state index is 0.113. The van der Waals surface area contributed by atoms with Crippen molar-refractivity contribution in [3.05, 3.63) is 72.0 Å². The fraction of sp³-hybridized carbons (Fsp3) is 0.286. The summed E-state index contributed by atoms with van der Waals surface area (Å²) >= 11 is 0. The molecule has 0 N–H and O–H groups in total. The van der Waals surface area contributed by atoms with Crippen LogP contribution in [0.2, 0.25) is 0 Å². The number of hydrogen-bond donors (Lipinski definition) is 0. The van der Waals surface area contributed by atoms with E-state index in [2.05, 4.69) is 19.9 Å². The third-order valence-corrected chi connectivity index (χ3v) is 4.89. The minimum Gasteiger partial charge on any atom is -0.437 e. The molecule has 148 valence electrons. The van der Waals surface area contributed by atoms with Gasteiger partial charge in [-0.05, 0) is 44.0 Å². The van der Waals surface area contributed by atoms with Crippen LogP contribution in [0.1, 0.15) is 40.6 Å². The highest BCUT2D eigenvalue weighted by molar-refractivity contribution is 5.92. The molecule has 3 aromatic rings. The number of amides is 1. The second kappa shape index (κ2) is 8.30. The number of carbonyl (C=O) groups excluding carboxylic acids is 1. The van der Waals surface area contributed by atoms with Crippen molar-refractivity contribution in [2.24, 2.45) is 0 Å². The molecule has 1 aromatic carbocycles. The summed E-state index contributed by atoms with van der Waals surface area (Å²) in [7, 11) is 0. The molecule has 1 aliphatic rings. The van der Waals surface area contributed by atoms with Crippen LogP contribution >= 0.6 is 0 Å². The van der Waals surface area contributed by atoms with Gasteiger partial charge in [-0.3, -0.25) is 14.8 Å². The molecule has 0 saturated carbocycles. The topological polar surface area (TPSA) is 81.1 Å². The van der Waals surface area contributed by atoms with Crippen molar-refractivity contribution in [3.8, 4) is 11.6 Å². The van der Waals surface area contributed by atoms with E-state index >= 15 is 0 Å². The molecule has 3 heterocycles. The Morgan fingerprint density at radius 2 is 1.76 bits per heavy atom. The second-order valence-electron chi connectivity index (χ2n) is 6.91. The van der Waals surface area contributed by atoms with Crippen LogP contribution in [-0.4, -0.2) is 43.8 Å². The number of hydrogen-bond acceptors (Lipinski definition) is 6. The lowest BCUT2D eigenvalue weighted by atomic mass is 9.93. The van der Waals surface area contributed by atoms with E-state index in [-0.39, 0.29) is 17.6 Å². The number of piperidine rings is 1. The van der Waals surface area contributed by atoms with Gasteiger partial charge >= 0.3 is 0 Å². The molecule has 29 heavy (non-hydrogen) atoms. The molecule has 1 saturated heterocycles. The van der Waals surface area contributed by atoms with Gasteiger partial charge in [0.05, 0.1) is 11.9 Å². The average molecular weight is 393 g/mol. The largest absolute Gasteiger partial charge is 0.437 e. The van der Waals surface area contributed by atoms with Crippen LogP contribution in [0.3, 0.4) is 0 Å². The Hall–Kier alpha value is -3.42. The van der Waals surface area contributed by atoms with Crippen molar-refractivity contribution in [2.45, 2.75) is 25.7 Å². The molecule has 1 aliphatic heterocycles. The Morgan fingerprint density at radius 3 is 2.45 bits per heavy atom. The number of aryl methyl sites for hydroxylation is 1. The van der Waals surface area contributed by atoms with Gasteiger partial charge in [0.1, 0.15) is 23.0 Å². The summed E-state index contributed by atoms with van der Waals surface area (Å²) in [6.07, 6.45) is 7.79. The molecule has 0 radical (unpaired) electrons. The number of halogens is 1. The molecule has 0 unspecified atom stereocenters. The van der Waals surface area contributed by atoms with E-state index in [0.29, 0.717) is 30.4 Å². The summed E-state index contributed by atoms with van der Waals surface area (Å²) in [4.78, 5) is 31.5. The lowest BCUT2D eigenvalue weighted by Crippen LogP contribution is -2.38. The summed E-state index contributed by atoms with van der Waals surface area (Å²) in [6, 6.07) is 5.78. The van der Waals surface area contributed by atoms with E-state index in [1.165, 1.54) is 18.3 Å². The molecule has 1 amide bonds. The van der Waals surface area contributed by atoms with E-state index in [1.807, 2.05) is 6.92 Å². The highest BCUT2D eigenvalue weighted by atomic mass is 19.1. The number of likely N-dealkylation sites (tertiary alicyclic amines) is 1. The predicted molar refractivity (Wildman–Crippen MR) is 103 cm³/mol. The van der Waals surface area contributed by atoms with Crippen LogP contribution in [0.5, 0.6) is 11.6 Å². The van der Waals surface area contributed by atoms with E-state index in [0.717, 1.165) is 24.2 Å². The van der Waals surface area contributed by atoms with Crippen LogP contribution < -0.4 is 4.74 Å². The van der Waals surface area contributed by atoms with Crippen molar-refractivity contribution in [1.29, 1.82) is 0 Å². The maximum absolute atomic E-state index is 13.1. The number of aromatic nitrogens is 4. The summed E-state index contributed by atoms with van der Waals surface area (Å²) in [5.41, 5.74) is 1.88. The van der Waals surface area contributed by atoms with E-state index < -0.39 is 0 Å². The number of benzene rings is 1. The maximum Gasteiger partial charge on any atom is 0.274 e. The molecule has 0 atom stereocenters. The average Bonchev–Trinajstić information content (AvgIpc) is 2.76. The molecule has 0 aliphatic carbocycles. The summed E-state index contributed by atoms with van der Waals surface area (Å²) in [5, 5.41) is 0. The van der Waals surface area contributed by atoms with Gasteiger partial charge in [0.25, 0.3) is 5.91 Å². The Balaban J connectivity index is 1.44. The van der Waals surface area contributed by atoms with Gasteiger partial charge < -0.3 is 9.64 Å². The van der Waals surface area contributed by atoms with E-state index in [1.54, 1.807) is 35.6 Å². The molecule has 0 bridgehead atoms. The predicted octanol–water partition coefficient (Wildman–Crippen LogP) is 3.53.